The van der Waals surface area contributed by atoms with E-state index in [0.717, 1.165) is 24.9 Å². The third kappa shape index (κ3) is 4.00. The molecule has 2 atom stereocenters. The van der Waals surface area contributed by atoms with Crippen LogP contribution in [0, 0.1) is 5.82 Å². The van der Waals surface area contributed by atoms with E-state index in [4.69, 9.17) is 5.11 Å². The first-order valence-electron chi connectivity index (χ1n) is 6.56. The lowest BCUT2D eigenvalue weighted by Gasteiger charge is -2.36. The molecule has 0 radical (unpaired) electrons. The highest BCUT2D eigenvalue weighted by molar-refractivity contribution is 8.00. The van der Waals surface area contributed by atoms with Gasteiger partial charge in [0.25, 0.3) is 0 Å². The summed E-state index contributed by atoms with van der Waals surface area (Å²) in [5, 5.41) is 9.64. The van der Waals surface area contributed by atoms with E-state index in [1.54, 1.807) is 0 Å². The summed E-state index contributed by atoms with van der Waals surface area (Å²) < 4.78 is 13.7. The Hall–Kier alpha value is -1.49. The van der Waals surface area contributed by atoms with Gasteiger partial charge in [0.1, 0.15) is 5.82 Å². The Morgan fingerprint density at radius 2 is 2.00 bits per heavy atom. The summed E-state index contributed by atoms with van der Waals surface area (Å²) in [5.74, 6) is -1.38. The van der Waals surface area contributed by atoms with Gasteiger partial charge in [0.15, 0.2) is 0 Å². The largest absolute Gasteiger partial charge is 0.478 e. The molecule has 1 aromatic carbocycles. The van der Waals surface area contributed by atoms with Crippen LogP contribution in [-0.4, -0.2) is 34.7 Å². The summed E-state index contributed by atoms with van der Waals surface area (Å²) in [5.41, 5.74) is 1.38. The van der Waals surface area contributed by atoms with Crippen molar-refractivity contribution < 1.29 is 14.3 Å². The number of carboxylic acid groups (broad SMARTS) is 1. The third-order valence-electron chi connectivity index (χ3n) is 3.11. The van der Waals surface area contributed by atoms with Crippen LogP contribution in [0.5, 0.6) is 0 Å². The molecule has 1 aliphatic rings. The molecule has 1 saturated heterocycles. The minimum Gasteiger partial charge on any atom is -0.478 e. The van der Waals surface area contributed by atoms with Crippen LogP contribution in [0.25, 0.3) is 6.08 Å². The number of aliphatic carboxylic acids is 1. The van der Waals surface area contributed by atoms with Crippen molar-refractivity contribution in [2.75, 3.05) is 18.0 Å². The molecule has 1 aliphatic heterocycles. The average Bonchev–Trinajstić information content (AvgIpc) is 2.34. The summed E-state index contributed by atoms with van der Waals surface area (Å²) >= 11 is 1.94. The maximum Gasteiger partial charge on any atom is 0.328 e. The molecular formula is C15H18FNO2S. The minimum atomic E-state index is -1.03. The molecule has 0 amide bonds. The highest BCUT2D eigenvalue weighted by Gasteiger charge is 2.22. The van der Waals surface area contributed by atoms with Crippen LogP contribution in [0.3, 0.4) is 0 Å². The van der Waals surface area contributed by atoms with Gasteiger partial charge in [-0.05, 0) is 29.8 Å². The number of benzene rings is 1. The summed E-state index contributed by atoms with van der Waals surface area (Å²) in [6.45, 7) is 6.08. The molecule has 20 heavy (non-hydrogen) atoms. The Labute approximate surface area is 122 Å². The van der Waals surface area contributed by atoms with Gasteiger partial charge in [0.05, 0.1) is 0 Å². The van der Waals surface area contributed by atoms with E-state index < -0.39 is 5.97 Å². The number of halogens is 1. The fraction of sp³-hybridized carbons (Fsp3) is 0.400. The van der Waals surface area contributed by atoms with Crippen molar-refractivity contribution in [3.8, 4) is 0 Å². The number of nitrogens with zero attached hydrogens (tertiary/aromatic N) is 1. The molecule has 0 saturated carbocycles. The normalized spacial score (nSPS) is 23.2. The first-order valence-corrected chi connectivity index (χ1v) is 7.50. The predicted octanol–water partition coefficient (Wildman–Crippen LogP) is 3.25. The first kappa shape index (κ1) is 14.9. The van der Waals surface area contributed by atoms with Crippen molar-refractivity contribution in [2.45, 2.75) is 24.3 Å². The summed E-state index contributed by atoms with van der Waals surface area (Å²) in [6.07, 6.45) is 2.44. The van der Waals surface area contributed by atoms with Crippen LogP contribution in [0.2, 0.25) is 0 Å². The van der Waals surface area contributed by atoms with E-state index >= 15 is 0 Å². The second kappa shape index (κ2) is 6.31. The fourth-order valence-corrected chi connectivity index (χ4v) is 3.76. The quantitative estimate of drug-likeness (QED) is 0.869. The third-order valence-corrected chi connectivity index (χ3v) is 4.34. The van der Waals surface area contributed by atoms with Gasteiger partial charge in [-0.25, -0.2) is 9.18 Å². The number of carboxylic acids is 1. The lowest BCUT2D eigenvalue weighted by Crippen LogP contribution is -2.40. The molecule has 2 rings (SSSR count). The van der Waals surface area contributed by atoms with E-state index in [2.05, 4.69) is 18.7 Å². The van der Waals surface area contributed by atoms with Gasteiger partial charge in [-0.15, -0.1) is 0 Å². The SMILES string of the molecule is CC1CN(c2cc(F)cc(/C=C/C(=O)O)c2)CC(C)S1. The van der Waals surface area contributed by atoms with Crippen LogP contribution in [0.15, 0.2) is 24.3 Å². The molecule has 0 spiro atoms. The van der Waals surface area contributed by atoms with Crippen molar-refractivity contribution in [3.63, 3.8) is 0 Å². The molecule has 1 aromatic rings. The van der Waals surface area contributed by atoms with Gasteiger partial charge >= 0.3 is 5.97 Å². The average molecular weight is 295 g/mol. The number of hydrogen-bond acceptors (Lipinski definition) is 3. The standard InChI is InChI=1S/C15H18FNO2S/c1-10-8-17(9-11(2)20-10)14-6-12(3-4-15(18)19)5-13(16)7-14/h3-7,10-11H,8-9H2,1-2H3,(H,18,19)/b4-3+. The van der Waals surface area contributed by atoms with Crippen LogP contribution in [0.4, 0.5) is 10.1 Å². The van der Waals surface area contributed by atoms with Gasteiger partial charge in [-0.3, -0.25) is 0 Å². The molecule has 0 aromatic heterocycles. The van der Waals surface area contributed by atoms with Crippen LogP contribution in [0.1, 0.15) is 19.4 Å². The van der Waals surface area contributed by atoms with Gasteiger partial charge in [0.2, 0.25) is 0 Å². The lowest BCUT2D eigenvalue weighted by atomic mass is 10.1. The molecule has 2 unspecified atom stereocenters. The van der Waals surface area contributed by atoms with Gasteiger partial charge in [-0.1, -0.05) is 13.8 Å². The molecule has 5 heteroatoms. The Balaban J connectivity index is 2.25. The fourth-order valence-electron chi connectivity index (χ4n) is 2.43. The lowest BCUT2D eigenvalue weighted by molar-refractivity contribution is -0.131. The first-order chi connectivity index (χ1) is 9.44. The molecule has 1 fully saturated rings. The van der Waals surface area contributed by atoms with E-state index in [9.17, 15) is 9.18 Å². The van der Waals surface area contributed by atoms with Crippen molar-refractivity contribution in [2.24, 2.45) is 0 Å². The number of anilines is 1. The Bertz CT molecular complexity index is 523. The van der Waals surface area contributed by atoms with Crippen molar-refractivity contribution >= 4 is 29.5 Å². The summed E-state index contributed by atoms with van der Waals surface area (Å²) in [6, 6.07) is 4.68. The maximum atomic E-state index is 13.7. The zero-order valence-electron chi connectivity index (χ0n) is 11.5. The van der Waals surface area contributed by atoms with Gasteiger partial charge in [-0.2, -0.15) is 11.8 Å². The van der Waals surface area contributed by atoms with E-state index in [-0.39, 0.29) is 5.82 Å². The number of thioether (sulfide) groups is 1. The van der Waals surface area contributed by atoms with Crippen molar-refractivity contribution in [1.82, 2.24) is 0 Å². The minimum absolute atomic E-state index is 0.342. The van der Waals surface area contributed by atoms with Gasteiger partial charge < -0.3 is 10.0 Å². The van der Waals surface area contributed by atoms with Crippen molar-refractivity contribution in [3.05, 3.63) is 35.7 Å². The molecular weight excluding hydrogens is 277 g/mol. The molecule has 1 N–H and O–H groups in total. The second-order valence-electron chi connectivity index (χ2n) is 5.08. The number of hydrogen-bond donors (Lipinski definition) is 1. The monoisotopic (exact) mass is 295 g/mol. The smallest absolute Gasteiger partial charge is 0.328 e. The van der Waals surface area contributed by atoms with Crippen LogP contribution in [-0.2, 0) is 4.79 Å². The topological polar surface area (TPSA) is 40.5 Å². The second-order valence-corrected chi connectivity index (χ2v) is 6.96. The molecule has 0 bridgehead atoms. The van der Waals surface area contributed by atoms with E-state index in [1.165, 1.54) is 18.2 Å². The maximum absolute atomic E-state index is 13.7. The molecule has 108 valence electrons. The number of rotatable bonds is 3. The zero-order valence-corrected chi connectivity index (χ0v) is 12.4. The highest BCUT2D eigenvalue weighted by atomic mass is 32.2. The Kier molecular flexibility index (Phi) is 4.70. The van der Waals surface area contributed by atoms with Crippen LogP contribution >= 0.6 is 11.8 Å². The summed E-state index contributed by atoms with van der Waals surface area (Å²) in [4.78, 5) is 12.7. The molecule has 1 heterocycles. The van der Waals surface area contributed by atoms with E-state index in [0.29, 0.717) is 16.1 Å². The van der Waals surface area contributed by atoms with Crippen molar-refractivity contribution in [1.29, 1.82) is 0 Å². The number of carbonyl (C=O) groups is 1. The molecule has 0 aliphatic carbocycles. The highest BCUT2D eigenvalue weighted by Crippen LogP contribution is 2.29. The molecule has 3 nitrogen and oxygen atoms in total. The Morgan fingerprint density at radius 3 is 2.60 bits per heavy atom. The summed E-state index contributed by atoms with van der Waals surface area (Å²) in [7, 11) is 0. The predicted molar refractivity (Wildman–Crippen MR) is 81.8 cm³/mol. The van der Waals surface area contributed by atoms with Gasteiger partial charge in [0, 0.05) is 35.4 Å². The zero-order chi connectivity index (χ0) is 14.7. The van der Waals surface area contributed by atoms with Crippen LogP contribution < -0.4 is 4.90 Å². The van der Waals surface area contributed by atoms with E-state index in [1.807, 2.05) is 17.8 Å². The Morgan fingerprint density at radius 1 is 1.35 bits per heavy atom.